The molecular weight excluding hydrogens is 310 g/mol. The molecule has 0 amide bonds. The second-order valence-corrected chi connectivity index (χ2v) is 5.99. The van der Waals surface area contributed by atoms with Crippen molar-refractivity contribution in [1.82, 2.24) is 4.98 Å². The maximum absolute atomic E-state index is 4.71. The summed E-state index contributed by atoms with van der Waals surface area (Å²) in [5.41, 5.74) is 4.88. The Bertz CT molecular complexity index is 735. The molecule has 3 aromatic rings. The van der Waals surface area contributed by atoms with Crippen molar-refractivity contribution >= 4 is 26.8 Å². The first-order valence-electron chi connectivity index (χ1n) is 6.82. The van der Waals surface area contributed by atoms with Crippen molar-refractivity contribution in [2.24, 2.45) is 0 Å². The lowest BCUT2D eigenvalue weighted by Gasteiger charge is -2.08. The van der Waals surface area contributed by atoms with E-state index in [9.17, 15) is 0 Å². The molecule has 0 aliphatic heterocycles. The van der Waals surface area contributed by atoms with Crippen molar-refractivity contribution in [2.45, 2.75) is 19.8 Å². The third-order valence-electron chi connectivity index (χ3n) is 3.50. The van der Waals surface area contributed by atoms with Gasteiger partial charge < -0.3 is 0 Å². The van der Waals surface area contributed by atoms with Crippen LogP contribution in [0.3, 0.4) is 0 Å². The van der Waals surface area contributed by atoms with Gasteiger partial charge in [0.25, 0.3) is 0 Å². The van der Waals surface area contributed by atoms with E-state index >= 15 is 0 Å². The first kappa shape index (κ1) is 13.3. The molecule has 2 heteroatoms. The van der Waals surface area contributed by atoms with Crippen LogP contribution in [0, 0.1) is 6.92 Å². The smallest absolute Gasteiger partial charge is 0.0738 e. The number of nitrogens with zero attached hydrogens (tertiary/aromatic N) is 1. The van der Waals surface area contributed by atoms with E-state index in [1.807, 2.05) is 6.92 Å². The molecule has 0 bridgehead atoms. The second kappa shape index (κ2) is 5.76. The highest BCUT2D eigenvalue weighted by atomic mass is 79.9. The SMILES string of the molecule is Cc1ccc2cc(Br)cc(CCc3ccccc3)c2n1. The third-order valence-corrected chi connectivity index (χ3v) is 3.96. The monoisotopic (exact) mass is 325 g/mol. The zero-order valence-corrected chi connectivity index (χ0v) is 13.0. The summed E-state index contributed by atoms with van der Waals surface area (Å²) < 4.78 is 1.12. The zero-order chi connectivity index (χ0) is 13.9. The molecule has 0 saturated carbocycles. The topological polar surface area (TPSA) is 12.9 Å². The number of pyridine rings is 1. The van der Waals surface area contributed by atoms with Crippen molar-refractivity contribution in [1.29, 1.82) is 0 Å². The van der Waals surface area contributed by atoms with Gasteiger partial charge in [-0.1, -0.05) is 52.3 Å². The van der Waals surface area contributed by atoms with Crippen LogP contribution >= 0.6 is 15.9 Å². The Hall–Kier alpha value is -1.67. The Balaban J connectivity index is 1.96. The average molecular weight is 326 g/mol. The highest BCUT2D eigenvalue weighted by Gasteiger charge is 2.05. The van der Waals surface area contributed by atoms with Gasteiger partial charge in [0.1, 0.15) is 0 Å². The lowest BCUT2D eigenvalue weighted by atomic mass is 10.0. The van der Waals surface area contributed by atoms with Crippen molar-refractivity contribution < 1.29 is 0 Å². The van der Waals surface area contributed by atoms with E-state index in [0.717, 1.165) is 28.5 Å². The fraction of sp³-hybridized carbons (Fsp3) is 0.167. The molecule has 0 atom stereocenters. The van der Waals surface area contributed by atoms with Gasteiger partial charge in [-0.05, 0) is 49.1 Å². The van der Waals surface area contributed by atoms with Crippen LogP contribution in [-0.2, 0) is 12.8 Å². The Morgan fingerprint density at radius 1 is 0.950 bits per heavy atom. The molecule has 0 saturated heterocycles. The molecule has 3 rings (SSSR count). The average Bonchev–Trinajstić information content (AvgIpc) is 2.46. The minimum atomic E-state index is 1.01. The van der Waals surface area contributed by atoms with Crippen LogP contribution in [0.2, 0.25) is 0 Å². The van der Waals surface area contributed by atoms with Gasteiger partial charge in [-0.3, -0.25) is 4.98 Å². The van der Waals surface area contributed by atoms with Crippen molar-refractivity contribution in [2.75, 3.05) is 0 Å². The number of aryl methyl sites for hydroxylation is 3. The molecule has 0 aliphatic carbocycles. The van der Waals surface area contributed by atoms with Crippen LogP contribution in [0.25, 0.3) is 10.9 Å². The molecule has 0 radical (unpaired) electrons. The Morgan fingerprint density at radius 2 is 1.75 bits per heavy atom. The van der Waals surface area contributed by atoms with E-state index in [4.69, 9.17) is 4.98 Å². The van der Waals surface area contributed by atoms with Crippen LogP contribution in [0.4, 0.5) is 0 Å². The first-order valence-corrected chi connectivity index (χ1v) is 7.61. The number of benzene rings is 2. The van der Waals surface area contributed by atoms with Gasteiger partial charge in [-0.15, -0.1) is 0 Å². The molecule has 0 N–H and O–H groups in total. The molecular formula is C18H16BrN. The zero-order valence-electron chi connectivity index (χ0n) is 11.4. The molecule has 1 heterocycles. The number of hydrogen-bond donors (Lipinski definition) is 0. The summed E-state index contributed by atoms with van der Waals surface area (Å²) in [6.07, 6.45) is 2.05. The third kappa shape index (κ3) is 2.91. The molecule has 0 spiro atoms. The van der Waals surface area contributed by atoms with Gasteiger partial charge in [0.15, 0.2) is 0 Å². The largest absolute Gasteiger partial charge is 0.253 e. The van der Waals surface area contributed by atoms with Gasteiger partial charge in [-0.2, -0.15) is 0 Å². The van der Waals surface area contributed by atoms with Crippen LogP contribution < -0.4 is 0 Å². The lowest BCUT2D eigenvalue weighted by molar-refractivity contribution is 0.963. The predicted molar refractivity (Wildman–Crippen MR) is 88.0 cm³/mol. The van der Waals surface area contributed by atoms with Gasteiger partial charge in [0.2, 0.25) is 0 Å². The van der Waals surface area contributed by atoms with Crippen molar-refractivity contribution in [3.8, 4) is 0 Å². The summed E-state index contributed by atoms with van der Waals surface area (Å²) in [6, 6.07) is 19.1. The summed E-state index contributed by atoms with van der Waals surface area (Å²) in [4.78, 5) is 4.71. The number of halogens is 1. The molecule has 1 nitrogen and oxygen atoms in total. The van der Waals surface area contributed by atoms with Crippen LogP contribution in [0.15, 0.2) is 59.1 Å². The second-order valence-electron chi connectivity index (χ2n) is 5.07. The molecule has 1 aromatic heterocycles. The maximum Gasteiger partial charge on any atom is 0.0738 e. The molecule has 20 heavy (non-hydrogen) atoms. The Kier molecular flexibility index (Phi) is 3.83. The maximum atomic E-state index is 4.71. The van der Waals surface area contributed by atoms with Gasteiger partial charge >= 0.3 is 0 Å². The van der Waals surface area contributed by atoms with E-state index in [1.165, 1.54) is 16.5 Å². The van der Waals surface area contributed by atoms with E-state index < -0.39 is 0 Å². The molecule has 100 valence electrons. The van der Waals surface area contributed by atoms with Gasteiger partial charge in [0.05, 0.1) is 5.52 Å². The fourth-order valence-corrected chi connectivity index (χ4v) is 3.00. The molecule has 0 fully saturated rings. The number of rotatable bonds is 3. The van der Waals surface area contributed by atoms with E-state index in [0.29, 0.717) is 0 Å². The van der Waals surface area contributed by atoms with E-state index in [-0.39, 0.29) is 0 Å². The number of aromatic nitrogens is 1. The Morgan fingerprint density at radius 3 is 2.55 bits per heavy atom. The van der Waals surface area contributed by atoms with Gasteiger partial charge in [-0.25, -0.2) is 0 Å². The molecule has 0 unspecified atom stereocenters. The molecule has 0 aliphatic rings. The summed E-state index contributed by atoms with van der Waals surface area (Å²) in [5, 5.41) is 1.20. The number of fused-ring (bicyclic) bond motifs is 1. The number of hydrogen-bond acceptors (Lipinski definition) is 1. The fourth-order valence-electron chi connectivity index (χ4n) is 2.48. The Labute approximate surface area is 127 Å². The first-order chi connectivity index (χ1) is 9.72. The highest BCUT2D eigenvalue weighted by Crippen LogP contribution is 2.24. The standard InChI is InChI=1S/C18H16BrN/c1-13-7-9-15-11-17(19)12-16(18(15)20-13)10-8-14-5-3-2-4-6-14/h2-7,9,11-12H,8,10H2,1H3. The minimum absolute atomic E-state index is 1.01. The van der Waals surface area contributed by atoms with Gasteiger partial charge in [0, 0.05) is 15.6 Å². The predicted octanol–water partition coefficient (Wildman–Crippen LogP) is 5.09. The summed E-state index contributed by atoms with van der Waals surface area (Å²) in [7, 11) is 0. The summed E-state index contributed by atoms with van der Waals surface area (Å²) in [6.45, 7) is 2.04. The highest BCUT2D eigenvalue weighted by molar-refractivity contribution is 9.10. The van der Waals surface area contributed by atoms with Crippen LogP contribution in [0.5, 0.6) is 0 Å². The van der Waals surface area contributed by atoms with E-state index in [1.54, 1.807) is 0 Å². The normalized spacial score (nSPS) is 10.9. The quantitative estimate of drug-likeness (QED) is 0.653. The van der Waals surface area contributed by atoms with E-state index in [2.05, 4.69) is 70.5 Å². The van der Waals surface area contributed by atoms with Crippen LogP contribution in [0.1, 0.15) is 16.8 Å². The van der Waals surface area contributed by atoms with Crippen LogP contribution in [-0.4, -0.2) is 4.98 Å². The summed E-state index contributed by atoms with van der Waals surface area (Å²) in [5.74, 6) is 0. The van der Waals surface area contributed by atoms with Crippen molar-refractivity contribution in [3.05, 3.63) is 75.9 Å². The molecule has 2 aromatic carbocycles. The van der Waals surface area contributed by atoms with Crippen molar-refractivity contribution in [3.63, 3.8) is 0 Å². The summed E-state index contributed by atoms with van der Waals surface area (Å²) >= 11 is 3.60. The minimum Gasteiger partial charge on any atom is -0.253 e. The lowest BCUT2D eigenvalue weighted by Crippen LogP contribution is -1.95.